The quantitative estimate of drug-likeness (QED) is 0.686. The van der Waals surface area contributed by atoms with Crippen molar-refractivity contribution in [2.24, 2.45) is 5.92 Å². The topological polar surface area (TPSA) is 87.7 Å². The van der Waals surface area contributed by atoms with Crippen LogP contribution in [0, 0.1) is 5.92 Å². The normalized spacial score (nSPS) is 13.8. The monoisotopic (exact) mass is 407 g/mol. The number of amides is 3. The molecule has 0 aliphatic carbocycles. The van der Waals surface area contributed by atoms with Gasteiger partial charge in [-0.25, -0.2) is 0 Å². The Kier molecular flexibility index (Phi) is 6.20. The second-order valence-electron chi connectivity index (χ2n) is 7.45. The van der Waals surface area contributed by atoms with Gasteiger partial charge in [0, 0.05) is 30.4 Å². The van der Waals surface area contributed by atoms with Crippen molar-refractivity contribution in [3.05, 3.63) is 59.8 Å². The molecule has 0 saturated carbocycles. The molecule has 0 aromatic heterocycles. The van der Waals surface area contributed by atoms with Crippen LogP contribution in [0.25, 0.3) is 5.57 Å². The smallest absolute Gasteiger partial charge is 0.278 e. The Morgan fingerprint density at radius 1 is 1.00 bits per heavy atom. The number of carbonyl (C=O) groups is 3. The number of hydrogen-bond acceptors (Lipinski definition) is 5. The minimum atomic E-state index is -0.374. The maximum Gasteiger partial charge on any atom is 0.278 e. The van der Waals surface area contributed by atoms with E-state index in [-0.39, 0.29) is 34.9 Å². The molecule has 156 valence electrons. The Hall–Kier alpha value is -3.61. The first-order valence-corrected chi connectivity index (χ1v) is 9.70. The van der Waals surface area contributed by atoms with Crippen molar-refractivity contribution < 1.29 is 19.1 Å². The highest BCUT2D eigenvalue weighted by Gasteiger charge is 2.40. The largest absolute Gasteiger partial charge is 0.496 e. The number of nitrogens with zero attached hydrogens (tertiary/aromatic N) is 1. The molecule has 2 aromatic carbocycles. The van der Waals surface area contributed by atoms with Gasteiger partial charge >= 0.3 is 0 Å². The first-order valence-electron chi connectivity index (χ1n) is 9.70. The van der Waals surface area contributed by atoms with Crippen LogP contribution < -0.4 is 15.4 Å². The van der Waals surface area contributed by atoms with E-state index in [0.29, 0.717) is 29.2 Å². The molecule has 1 heterocycles. The van der Waals surface area contributed by atoms with Crippen molar-refractivity contribution in [2.75, 3.05) is 24.3 Å². The summed E-state index contributed by atoms with van der Waals surface area (Å²) in [6, 6.07) is 14.0. The van der Waals surface area contributed by atoms with E-state index in [1.165, 1.54) is 18.9 Å². The van der Waals surface area contributed by atoms with Gasteiger partial charge in [0.05, 0.1) is 12.7 Å². The standard InChI is InChI=1S/C23H25N3O4/c1-14(2)13-26-22(28)20(18-7-5-6-8-19(18)30-4)21(23(26)29)25-17-11-9-16(10-12-17)24-15(3)27/h5-12,14,25H,13H2,1-4H3,(H,24,27). The molecular formula is C23H25N3O4. The molecule has 7 heteroatoms. The van der Waals surface area contributed by atoms with E-state index in [4.69, 9.17) is 4.74 Å². The first kappa shape index (κ1) is 21.1. The number of nitrogens with one attached hydrogen (secondary N) is 2. The van der Waals surface area contributed by atoms with E-state index in [1.54, 1.807) is 42.5 Å². The predicted molar refractivity (Wildman–Crippen MR) is 116 cm³/mol. The highest BCUT2D eigenvalue weighted by molar-refractivity contribution is 6.37. The molecule has 30 heavy (non-hydrogen) atoms. The molecule has 3 amide bonds. The van der Waals surface area contributed by atoms with E-state index < -0.39 is 0 Å². The van der Waals surface area contributed by atoms with Crippen LogP contribution in [0.15, 0.2) is 54.2 Å². The zero-order valence-corrected chi connectivity index (χ0v) is 17.5. The number of carbonyl (C=O) groups excluding carboxylic acids is 3. The molecule has 2 N–H and O–H groups in total. The number of anilines is 2. The highest BCUT2D eigenvalue weighted by Crippen LogP contribution is 2.35. The van der Waals surface area contributed by atoms with Crippen LogP contribution in [0.2, 0.25) is 0 Å². The summed E-state index contributed by atoms with van der Waals surface area (Å²) in [5, 5.41) is 5.80. The Morgan fingerprint density at radius 2 is 1.63 bits per heavy atom. The fraction of sp³-hybridized carbons (Fsp3) is 0.261. The van der Waals surface area contributed by atoms with Crippen LogP contribution in [-0.2, 0) is 14.4 Å². The summed E-state index contributed by atoms with van der Waals surface area (Å²) < 4.78 is 5.42. The molecule has 0 unspecified atom stereocenters. The fourth-order valence-electron chi connectivity index (χ4n) is 3.31. The van der Waals surface area contributed by atoms with Crippen LogP contribution in [-0.4, -0.2) is 36.3 Å². The molecule has 0 atom stereocenters. The number of rotatable bonds is 7. The molecule has 0 radical (unpaired) electrons. The van der Waals surface area contributed by atoms with Crippen molar-refractivity contribution in [1.29, 1.82) is 0 Å². The van der Waals surface area contributed by atoms with Crippen molar-refractivity contribution in [1.82, 2.24) is 4.90 Å². The molecule has 2 aromatic rings. The molecule has 3 rings (SSSR count). The zero-order chi connectivity index (χ0) is 21.8. The van der Waals surface area contributed by atoms with Gasteiger partial charge < -0.3 is 15.4 Å². The maximum absolute atomic E-state index is 13.2. The Morgan fingerprint density at radius 3 is 2.23 bits per heavy atom. The summed E-state index contributed by atoms with van der Waals surface area (Å²) in [6.45, 7) is 5.66. The molecular weight excluding hydrogens is 382 g/mol. The van der Waals surface area contributed by atoms with Gasteiger partial charge in [0.1, 0.15) is 11.4 Å². The van der Waals surface area contributed by atoms with E-state index in [1.807, 2.05) is 19.9 Å². The van der Waals surface area contributed by atoms with Crippen molar-refractivity contribution in [3.8, 4) is 5.75 Å². The van der Waals surface area contributed by atoms with Crippen molar-refractivity contribution >= 4 is 34.7 Å². The van der Waals surface area contributed by atoms with Gasteiger partial charge in [0.2, 0.25) is 5.91 Å². The average molecular weight is 407 g/mol. The summed E-state index contributed by atoms with van der Waals surface area (Å²) in [7, 11) is 1.53. The molecule has 0 fully saturated rings. The summed E-state index contributed by atoms with van der Waals surface area (Å²) in [4.78, 5) is 38.8. The second-order valence-corrected chi connectivity index (χ2v) is 7.45. The third kappa shape index (κ3) is 4.35. The SMILES string of the molecule is COc1ccccc1C1=C(Nc2ccc(NC(C)=O)cc2)C(=O)N(CC(C)C)C1=O. The molecule has 1 aliphatic rings. The van der Waals surface area contributed by atoms with Crippen molar-refractivity contribution in [2.45, 2.75) is 20.8 Å². The van der Waals surface area contributed by atoms with Crippen LogP contribution in [0.1, 0.15) is 26.3 Å². The van der Waals surface area contributed by atoms with Gasteiger partial charge in [0.15, 0.2) is 0 Å². The van der Waals surface area contributed by atoms with Gasteiger partial charge in [-0.15, -0.1) is 0 Å². The molecule has 0 bridgehead atoms. The lowest BCUT2D eigenvalue weighted by Crippen LogP contribution is -2.35. The summed E-state index contributed by atoms with van der Waals surface area (Å²) in [6.07, 6.45) is 0. The van der Waals surface area contributed by atoms with Crippen molar-refractivity contribution in [3.63, 3.8) is 0 Å². The third-order valence-electron chi connectivity index (χ3n) is 4.57. The molecule has 1 aliphatic heterocycles. The number of para-hydroxylation sites is 1. The number of imide groups is 1. The second kappa shape index (κ2) is 8.82. The Labute approximate surface area is 175 Å². The summed E-state index contributed by atoms with van der Waals surface area (Å²) in [5.41, 5.74) is 2.31. The molecule has 0 spiro atoms. The van der Waals surface area contributed by atoms with Crippen LogP contribution in [0.4, 0.5) is 11.4 Å². The van der Waals surface area contributed by atoms with Crippen LogP contribution >= 0.6 is 0 Å². The lowest BCUT2D eigenvalue weighted by Gasteiger charge is -2.17. The number of benzene rings is 2. The Balaban J connectivity index is 2.03. The van der Waals surface area contributed by atoms with Gasteiger partial charge in [-0.3, -0.25) is 19.3 Å². The zero-order valence-electron chi connectivity index (χ0n) is 17.5. The number of hydrogen-bond donors (Lipinski definition) is 2. The van der Waals surface area contributed by atoms with Gasteiger partial charge in [0.25, 0.3) is 11.8 Å². The van der Waals surface area contributed by atoms with E-state index in [9.17, 15) is 14.4 Å². The van der Waals surface area contributed by atoms with Crippen LogP contribution in [0.3, 0.4) is 0 Å². The predicted octanol–water partition coefficient (Wildman–Crippen LogP) is 3.50. The molecule has 7 nitrogen and oxygen atoms in total. The minimum absolute atomic E-state index is 0.133. The maximum atomic E-state index is 13.2. The summed E-state index contributed by atoms with van der Waals surface area (Å²) in [5.74, 6) is -0.248. The lowest BCUT2D eigenvalue weighted by molar-refractivity contribution is -0.137. The number of ether oxygens (including phenoxy) is 1. The van der Waals surface area contributed by atoms with Gasteiger partial charge in [-0.1, -0.05) is 32.0 Å². The Bertz CT molecular complexity index is 1010. The van der Waals surface area contributed by atoms with Gasteiger partial charge in [-0.05, 0) is 36.2 Å². The van der Waals surface area contributed by atoms with E-state index >= 15 is 0 Å². The summed E-state index contributed by atoms with van der Waals surface area (Å²) >= 11 is 0. The fourth-order valence-corrected chi connectivity index (χ4v) is 3.31. The van der Waals surface area contributed by atoms with Crippen LogP contribution in [0.5, 0.6) is 5.75 Å². The number of methoxy groups -OCH3 is 1. The third-order valence-corrected chi connectivity index (χ3v) is 4.57. The highest BCUT2D eigenvalue weighted by atomic mass is 16.5. The van der Waals surface area contributed by atoms with E-state index in [2.05, 4.69) is 10.6 Å². The minimum Gasteiger partial charge on any atom is -0.496 e. The average Bonchev–Trinajstić information content (AvgIpc) is 2.93. The first-order chi connectivity index (χ1) is 14.3. The van der Waals surface area contributed by atoms with Gasteiger partial charge in [-0.2, -0.15) is 0 Å². The molecule has 0 saturated heterocycles. The lowest BCUT2D eigenvalue weighted by atomic mass is 10.0. The van der Waals surface area contributed by atoms with E-state index in [0.717, 1.165) is 0 Å².